The lowest BCUT2D eigenvalue weighted by atomic mass is 9.84. The fraction of sp³-hybridized carbons (Fsp3) is 0.875. The van der Waals surface area contributed by atoms with Crippen LogP contribution in [0.2, 0.25) is 24.7 Å². The summed E-state index contributed by atoms with van der Waals surface area (Å²) in [5.74, 6) is 3.10. The number of rotatable bonds is 1. The lowest BCUT2D eigenvalue weighted by molar-refractivity contribution is 0.330. The maximum Gasteiger partial charge on any atom is 0.0524 e. The van der Waals surface area contributed by atoms with Gasteiger partial charge in [-0.15, -0.1) is 0 Å². The van der Waals surface area contributed by atoms with Gasteiger partial charge in [0.05, 0.1) is 8.07 Å². The molecule has 4 rings (SSSR count). The fourth-order valence-electron chi connectivity index (χ4n) is 7.03. The van der Waals surface area contributed by atoms with Crippen LogP contribution in [-0.4, -0.2) is 8.07 Å². The molecule has 4 aliphatic carbocycles. The summed E-state index contributed by atoms with van der Waals surface area (Å²) in [6.07, 6.45) is 14.5. The van der Waals surface area contributed by atoms with Crippen molar-refractivity contribution >= 4 is 8.07 Å². The lowest BCUT2D eigenvalue weighted by Gasteiger charge is -2.37. The zero-order valence-electron chi connectivity index (χ0n) is 11.6. The van der Waals surface area contributed by atoms with E-state index >= 15 is 0 Å². The van der Waals surface area contributed by atoms with Crippen molar-refractivity contribution in [3.63, 3.8) is 0 Å². The molecule has 1 spiro atoms. The van der Waals surface area contributed by atoms with Crippen molar-refractivity contribution in [2.24, 2.45) is 23.2 Å². The topological polar surface area (TPSA) is 0 Å². The molecule has 0 amide bonds. The van der Waals surface area contributed by atoms with Gasteiger partial charge < -0.3 is 0 Å². The maximum absolute atomic E-state index is 2.66. The average Bonchev–Trinajstić information content (AvgIpc) is 2.53. The van der Waals surface area contributed by atoms with Gasteiger partial charge in [-0.25, -0.2) is 0 Å². The molecule has 4 aliphatic rings. The smallest absolute Gasteiger partial charge is 0.0524 e. The third-order valence-corrected chi connectivity index (χ3v) is 10.7. The Labute approximate surface area is 107 Å². The molecule has 0 saturated heterocycles. The van der Waals surface area contributed by atoms with E-state index in [0.717, 1.165) is 28.2 Å². The van der Waals surface area contributed by atoms with E-state index in [4.69, 9.17) is 0 Å². The quantitative estimate of drug-likeness (QED) is 0.458. The molecule has 0 radical (unpaired) electrons. The number of allylic oxidation sites excluding steroid dienone is 2. The molecule has 3 saturated carbocycles. The van der Waals surface area contributed by atoms with Crippen LogP contribution in [-0.2, 0) is 0 Å². The highest BCUT2D eigenvalue weighted by atomic mass is 28.3. The second kappa shape index (κ2) is 2.92. The standard InChI is InChI=1S/C16H26Si/c1-17(2,3)16-13-9-8-12(11-13)15(16)10-6-4-5-7-14(15)16/h8-9,12-14H,4-7,10-11H2,1-3H3. The van der Waals surface area contributed by atoms with Gasteiger partial charge in [0, 0.05) is 0 Å². The van der Waals surface area contributed by atoms with Crippen LogP contribution in [0.5, 0.6) is 0 Å². The molecule has 0 aromatic heterocycles. The molecule has 0 aliphatic heterocycles. The van der Waals surface area contributed by atoms with Crippen molar-refractivity contribution in [1.82, 2.24) is 0 Å². The molecular weight excluding hydrogens is 220 g/mol. The van der Waals surface area contributed by atoms with Gasteiger partial charge in [0.1, 0.15) is 0 Å². The molecule has 0 aromatic carbocycles. The van der Waals surface area contributed by atoms with E-state index in [2.05, 4.69) is 31.8 Å². The summed E-state index contributed by atoms with van der Waals surface area (Å²) in [6.45, 7) is 7.99. The number of fused-ring (bicyclic) bond motifs is 4. The highest BCUT2D eigenvalue weighted by Gasteiger charge is 2.86. The van der Waals surface area contributed by atoms with Crippen molar-refractivity contribution in [1.29, 1.82) is 0 Å². The molecule has 0 nitrogen and oxygen atoms in total. The van der Waals surface area contributed by atoms with Gasteiger partial charge in [0.25, 0.3) is 0 Å². The molecule has 5 atom stereocenters. The van der Waals surface area contributed by atoms with E-state index in [0.29, 0.717) is 0 Å². The summed E-state index contributed by atoms with van der Waals surface area (Å²) in [5.41, 5.74) is 0.813. The van der Waals surface area contributed by atoms with Gasteiger partial charge in [-0.05, 0) is 47.5 Å². The maximum atomic E-state index is 2.66. The first-order valence-electron chi connectivity index (χ1n) is 7.73. The molecule has 5 unspecified atom stereocenters. The monoisotopic (exact) mass is 246 g/mol. The summed E-state index contributed by atoms with van der Waals surface area (Å²) >= 11 is 0. The van der Waals surface area contributed by atoms with Crippen molar-refractivity contribution in [3.8, 4) is 0 Å². The Morgan fingerprint density at radius 3 is 2.53 bits per heavy atom. The number of hydrogen-bond donors (Lipinski definition) is 0. The van der Waals surface area contributed by atoms with Crippen LogP contribution in [0, 0.1) is 23.2 Å². The Kier molecular flexibility index (Phi) is 1.86. The normalized spacial score (nSPS) is 55.4. The molecule has 0 aromatic rings. The van der Waals surface area contributed by atoms with Crippen LogP contribution < -0.4 is 0 Å². The second-order valence-electron chi connectivity index (χ2n) is 8.14. The van der Waals surface area contributed by atoms with E-state index in [1.165, 1.54) is 25.7 Å². The van der Waals surface area contributed by atoms with Gasteiger partial charge in [-0.1, -0.05) is 51.1 Å². The SMILES string of the molecule is C[Si](C)(C)C12C3C=CC(C3)C13CCCCCC32. The van der Waals surface area contributed by atoms with Crippen LogP contribution in [0.3, 0.4) is 0 Å². The van der Waals surface area contributed by atoms with Gasteiger partial charge in [-0.2, -0.15) is 0 Å². The minimum absolute atomic E-state index is 0.813. The van der Waals surface area contributed by atoms with Crippen molar-refractivity contribution in [3.05, 3.63) is 12.2 Å². The third-order valence-electron chi connectivity index (χ3n) is 7.01. The van der Waals surface area contributed by atoms with E-state index in [1.54, 1.807) is 12.8 Å². The average molecular weight is 246 g/mol. The van der Waals surface area contributed by atoms with E-state index in [9.17, 15) is 0 Å². The highest BCUT2D eigenvalue weighted by Crippen LogP contribution is 2.94. The van der Waals surface area contributed by atoms with Gasteiger partial charge in [0.15, 0.2) is 0 Å². The van der Waals surface area contributed by atoms with Gasteiger partial charge in [-0.3, -0.25) is 0 Å². The molecule has 3 fully saturated rings. The molecule has 17 heavy (non-hydrogen) atoms. The summed E-state index contributed by atoms with van der Waals surface area (Å²) in [6, 6.07) is 0. The largest absolute Gasteiger partial charge is 0.0848 e. The minimum Gasteiger partial charge on any atom is -0.0848 e. The Bertz CT molecular complexity index is 391. The number of hydrogen-bond acceptors (Lipinski definition) is 0. The van der Waals surface area contributed by atoms with Crippen LogP contribution in [0.4, 0.5) is 0 Å². The van der Waals surface area contributed by atoms with Crippen LogP contribution in [0.25, 0.3) is 0 Å². The fourth-order valence-corrected chi connectivity index (χ4v) is 11.6. The molecular formula is C16H26Si. The van der Waals surface area contributed by atoms with Crippen molar-refractivity contribution < 1.29 is 0 Å². The zero-order chi connectivity index (χ0) is 11.9. The molecule has 2 bridgehead atoms. The van der Waals surface area contributed by atoms with Crippen LogP contribution >= 0.6 is 0 Å². The first kappa shape index (κ1) is 10.8. The third kappa shape index (κ3) is 0.925. The van der Waals surface area contributed by atoms with Gasteiger partial charge in [0.2, 0.25) is 0 Å². The van der Waals surface area contributed by atoms with E-state index in [1.807, 2.05) is 0 Å². The molecule has 1 heteroatoms. The predicted molar refractivity (Wildman–Crippen MR) is 75.8 cm³/mol. The predicted octanol–water partition coefficient (Wildman–Crippen LogP) is 4.85. The van der Waals surface area contributed by atoms with E-state index < -0.39 is 8.07 Å². The summed E-state index contributed by atoms with van der Waals surface area (Å²) < 4.78 is 0. The molecule has 0 N–H and O–H groups in total. The Morgan fingerprint density at radius 2 is 1.76 bits per heavy atom. The second-order valence-corrected chi connectivity index (χ2v) is 13.5. The summed E-state index contributed by atoms with van der Waals surface area (Å²) in [4.78, 5) is 0. The van der Waals surface area contributed by atoms with Crippen LogP contribution in [0.15, 0.2) is 12.2 Å². The minimum atomic E-state index is -1.04. The Morgan fingerprint density at radius 1 is 1.00 bits per heavy atom. The van der Waals surface area contributed by atoms with Crippen molar-refractivity contribution in [2.45, 2.75) is 63.2 Å². The first-order chi connectivity index (χ1) is 8.05. The summed E-state index contributed by atoms with van der Waals surface area (Å²) in [7, 11) is -1.04. The lowest BCUT2D eigenvalue weighted by Crippen LogP contribution is -2.37. The Hall–Kier alpha value is -0.0431. The van der Waals surface area contributed by atoms with Gasteiger partial charge >= 0.3 is 0 Å². The molecule has 94 valence electrons. The first-order valence-corrected chi connectivity index (χ1v) is 11.2. The van der Waals surface area contributed by atoms with Crippen LogP contribution in [0.1, 0.15) is 38.5 Å². The van der Waals surface area contributed by atoms with E-state index in [-0.39, 0.29) is 0 Å². The highest BCUT2D eigenvalue weighted by molar-refractivity contribution is 6.80. The Balaban J connectivity index is 1.85. The van der Waals surface area contributed by atoms with Crippen molar-refractivity contribution in [2.75, 3.05) is 0 Å². The molecule has 0 heterocycles. The summed E-state index contributed by atoms with van der Waals surface area (Å²) in [5, 5.41) is 0.833. The zero-order valence-corrected chi connectivity index (χ0v) is 12.6.